The monoisotopic (exact) mass is 574 g/mol. The van der Waals surface area contributed by atoms with Gasteiger partial charge in [0.05, 0.1) is 26.7 Å². The number of nitrogens with zero attached hydrogens (tertiary/aromatic N) is 3. The van der Waals surface area contributed by atoms with Crippen molar-refractivity contribution in [2.24, 2.45) is 12.2 Å². The maximum Gasteiger partial charge on any atom is 0.257 e. The molecule has 0 radical (unpaired) electrons. The number of halogens is 2. The number of aromatic nitrogens is 1. The maximum absolute atomic E-state index is 12.2. The van der Waals surface area contributed by atoms with Gasteiger partial charge in [0, 0.05) is 19.0 Å². The summed E-state index contributed by atoms with van der Waals surface area (Å²) in [7, 11) is 4.14. The molecule has 2 rings (SSSR count). The number of hydrogen-bond acceptors (Lipinski definition) is 3. The fourth-order valence-electron chi connectivity index (χ4n) is 3.21. The van der Waals surface area contributed by atoms with Gasteiger partial charge in [-0.2, -0.15) is 4.57 Å². The smallest absolute Gasteiger partial charge is 0.257 e. The van der Waals surface area contributed by atoms with Crippen molar-refractivity contribution in [1.82, 2.24) is 5.32 Å². The van der Waals surface area contributed by atoms with Crippen LogP contribution in [0.5, 0.6) is 0 Å². The minimum absolute atomic E-state index is 0. The Labute approximate surface area is 184 Å². The second-order valence-corrected chi connectivity index (χ2v) is 6.66. The molecule has 1 aliphatic rings. The number of nitrogens with one attached hydrogen (secondary N) is 1. The molecule has 0 atom stereocenters. The fourth-order valence-corrected chi connectivity index (χ4v) is 3.21. The van der Waals surface area contributed by atoms with E-state index in [1.54, 1.807) is 22.9 Å². The van der Waals surface area contributed by atoms with E-state index in [-0.39, 0.29) is 53.9 Å². The lowest BCUT2D eigenvalue weighted by Crippen LogP contribution is -3.00. The third-order valence-electron chi connectivity index (χ3n) is 4.68. The van der Waals surface area contributed by atoms with Crippen LogP contribution in [-0.2, 0) is 7.05 Å². The summed E-state index contributed by atoms with van der Waals surface area (Å²) in [5, 5.41) is 14.6. The predicted molar refractivity (Wildman–Crippen MR) is 88.6 cm³/mol. The summed E-state index contributed by atoms with van der Waals surface area (Å²) < 4.78 is 2.90. The van der Waals surface area contributed by atoms with Gasteiger partial charge in [0.1, 0.15) is 18.8 Å². The van der Waals surface area contributed by atoms with Crippen molar-refractivity contribution in [2.45, 2.75) is 25.7 Å². The van der Waals surface area contributed by atoms with Crippen LogP contribution in [0.25, 0.3) is 0 Å². The first-order chi connectivity index (χ1) is 11.0. The number of carbonyl (C=O) groups excluding carboxylic acids is 1. The summed E-state index contributed by atoms with van der Waals surface area (Å²) in [6, 6.07) is 3.50. The molecule has 2 N–H and O–H groups in total. The normalized spacial score (nSPS) is 15.9. The molecule has 8 heteroatoms. The fraction of sp³-hybridized carbons (Fsp3) is 0.588. The number of aryl methyl sites for hydroxylation is 1. The van der Waals surface area contributed by atoms with Gasteiger partial charge >= 0.3 is 0 Å². The minimum Gasteiger partial charge on any atom is -1.00 e. The Bertz CT molecular complexity index is 576. The number of carbonyl (C=O) groups is 1. The molecular weight excluding hydrogens is 546 g/mol. The Morgan fingerprint density at radius 3 is 2.60 bits per heavy atom. The molecule has 0 spiro atoms. The molecule has 1 saturated heterocycles. The zero-order valence-electron chi connectivity index (χ0n) is 14.9. The first-order valence-corrected chi connectivity index (χ1v) is 8.33. The lowest BCUT2D eigenvalue weighted by Gasteiger charge is -2.37. The van der Waals surface area contributed by atoms with Gasteiger partial charge in [0.2, 0.25) is 5.69 Å². The molecule has 0 aromatic carbocycles. The van der Waals surface area contributed by atoms with Crippen molar-refractivity contribution in [3.05, 3.63) is 29.6 Å². The standard InChI is InChI=1S/C17H26N4O2.2HI/c1-20-14-15(7-8-16(20)13-19-23)17(22)18-9-6-12-21(2)10-4-3-5-11-21;;/h7-8,13-14H,3-6,9-12H2,1-2H3;2*1H. The quantitative estimate of drug-likeness (QED) is 0.0682. The minimum atomic E-state index is -0.0608. The van der Waals surface area contributed by atoms with Crippen LogP contribution in [0.1, 0.15) is 41.7 Å². The van der Waals surface area contributed by atoms with E-state index >= 15 is 0 Å². The van der Waals surface area contributed by atoms with Crippen molar-refractivity contribution >= 4 is 12.1 Å². The molecule has 2 heterocycles. The Balaban J connectivity index is 0.00000288. The lowest BCUT2D eigenvalue weighted by molar-refractivity contribution is -0.914. The van der Waals surface area contributed by atoms with Crippen molar-refractivity contribution in [3.8, 4) is 0 Å². The number of pyridine rings is 1. The molecule has 0 unspecified atom stereocenters. The number of likely N-dealkylation sites (tertiary alicyclic amines) is 1. The third-order valence-corrected chi connectivity index (χ3v) is 4.68. The van der Waals surface area contributed by atoms with E-state index in [0.29, 0.717) is 12.1 Å². The average molecular weight is 574 g/mol. The molecule has 0 bridgehead atoms. The van der Waals surface area contributed by atoms with Crippen LogP contribution >= 0.6 is 0 Å². The van der Waals surface area contributed by atoms with Crippen LogP contribution in [-0.4, -0.2) is 55.0 Å². The molecule has 1 aromatic heterocycles. The summed E-state index contributed by atoms with van der Waals surface area (Å²) in [4.78, 5) is 12.2. The Morgan fingerprint density at radius 1 is 1.32 bits per heavy atom. The van der Waals surface area contributed by atoms with E-state index in [4.69, 9.17) is 5.21 Å². The summed E-state index contributed by atoms with van der Waals surface area (Å²) in [6.07, 6.45) is 8.09. The van der Waals surface area contributed by atoms with E-state index < -0.39 is 0 Å². The second kappa shape index (κ2) is 12.0. The number of quaternary nitrogens is 1. The Hall–Kier alpha value is -0.490. The Kier molecular flexibility index (Phi) is 11.8. The lowest BCUT2D eigenvalue weighted by atomic mass is 10.1. The SMILES string of the molecule is C[n+]1cc(C(=O)NCCC[N+]2(C)CCCCC2)ccc1/C=N/O.[I-].[I-]. The average Bonchev–Trinajstić information content (AvgIpc) is 2.54. The van der Waals surface area contributed by atoms with Crippen LogP contribution in [0.2, 0.25) is 0 Å². The topological polar surface area (TPSA) is 65.6 Å². The van der Waals surface area contributed by atoms with E-state index in [9.17, 15) is 4.79 Å². The highest BCUT2D eigenvalue weighted by molar-refractivity contribution is 5.93. The first kappa shape index (κ1) is 24.5. The number of piperidine rings is 1. The van der Waals surface area contributed by atoms with Gasteiger partial charge in [-0.25, -0.2) is 0 Å². The molecular formula is C17H28I2N4O2. The van der Waals surface area contributed by atoms with Gasteiger partial charge < -0.3 is 63.0 Å². The summed E-state index contributed by atoms with van der Waals surface area (Å²) in [5.74, 6) is -0.0608. The zero-order chi connectivity index (χ0) is 16.7. The van der Waals surface area contributed by atoms with Crippen molar-refractivity contribution in [2.75, 3.05) is 33.2 Å². The van der Waals surface area contributed by atoms with Gasteiger partial charge in [0.15, 0.2) is 6.20 Å². The van der Waals surface area contributed by atoms with Gasteiger partial charge in [-0.1, -0.05) is 5.16 Å². The zero-order valence-corrected chi connectivity index (χ0v) is 19.2. The van der Waals surface area contributed by atoms with Crippen molar-refractivity contribution in [1.29, 1.82) is 0 Å². The van der Waals surface area contributed by atoms with Crippen LogP contribution in [0.15, 0.2) is 23.5 Å². The van der Waals surface area contributed by atoms with Crippen LogP contribution in [0.3, 0.4) is 0 Å². The molecule has 0 aliphatic carbocycles. The number of hydrogen-bond donors (Lipinski definition) is 2. The molecule has 142 valence electrons. The predicted octanol–water partition coefficient (Wildman–Crippen LogP) is -4.92. The van der Waals surface area contributed by atoms with Gasteiger partial charge in [0.25, 0.3) is 5.91 Å². The number of amides is 1. The second-order valence-electron chi connectivity index (χ2n) is 6.66. The van der Waals surface area contributed by atoms with Crippen LogP contribution < -0.4 is 57.8 Å². The van der Waals surface area contributed by atoms with Gasteiger partial charge in [-0.05, 0) is 25.3 Å². The van der Waals surface area contributed by atoms with Gasteiger partial charge in [-0.3, -0.25) is 4.79 Å². The first-order valence-electron chi connectivity index (χ1n) is 8.33. The number of rotatable bonds is 6. The molecule has 1 fully saturated rings. The van der Waals surface area contributed by atoms with Crippen molar-refractivity contribution < 1.29 is 67.0 Å². The van der Waals surface area contributed by atoms with E-state index in [1.165, 1.54) is 38.6 Å². The van der Waals surface area contributed by atoms with Crippen molar-refractivity contribution in [3.63, 3.8) is 0 Å². The molecule has 0 saturated carbocycles. The molecule has 1 aromatic rings. The summed E-state index contributed by atoms with van der Waals surface area (Å²) >= 11 is 0. The molecule has 1 amide bonds. The van der Waals surface area contributed by atoms with E-state index in [2.05, 4.69) is 17.5 Å². The Morgan fingerprint density at radius 2 is 2.00 bits per heavy atom. The van der Waals surface area contributed by atoms with Gasteiger partial charge in [-0.15, -0.1) is 0 Å². The third kappa shape index (κ3) is 7.73. The number of oxime groups is 1. The van der Waals surface area contributed by atoms with E-state index in [1.807, 2.05) is 7.05 Å². The summed E-state index contributed by atoms with van der Waals surface area (Å²) in [5.41, 5.74) is 1.34. The highest BCUT2D eigenvalue weighted by Crippen LogP contribution is 2.16. The summed E-state index contributed by atoms with van der Waals surface area (Å²) in [6.45, 7) is 4.35. The molecule has 6 nitrogen and oxygen atoms in total. The highest BCUT2D eigenvalue weighted by Gasteiger charge is 2.23. The molecule has 1 aliphatic heterocycles. The highest BCUT2D eigenvalue weighted by atomic mass is 127. The van der Waals surface area contributed by atoms with Crippen LogP contribution in [0, 0.1) is 0 Å². The molecule has 25 heavy (non-hydrogen) atoms. The largest absolute Gasteiger partial charge is 1.00 e. The van der Waals surface area contributed by atoms with E-state index in [0.717, 1.165) is 23.1 Å². The maximum atomic E-state index is 12.2. The van der Waals surface area contributed by atoms with Crippen LogP contribution in [0.4, 0.5) is 0 Å².